The third-order valence-corrected chi connectivity index (χ3v) is 6.54. The lowest BCUT2D eigenvalue weighted by atomic mass is 9.87. The summed E-state index contributed by atoms with van der Waals surface area (Å²) in [5.41, 5.74) is 2.38. The highest BCUT2D eigenvalue weighted by Crippen LogP contribution is 2.38. The van der Waals surface area contributed by atoms with Gasteiger partial charge in [-0.25, -0.2) is 0 Å². The Balaban J connectivity index is 1.25. The average molecular weight is 416 g/mol. The van der Waals surface area contributed by atoms with E-state index in [-0.39, 0.29) is 11.8 Å². The number of hydrogen-bond acceptors (Lipinski definition) is 4. The lowest BCUT2D eigenvalue weighted by molar-refractivity contribution is -0.133. The summed E-state index contributed by atoms with van der Waals surface area (Å²) in [5.74, 6) is 2.80. The largest absolute Gasteiger partial charge is 0.342 e. The fourth-order valence-corrected chi connectivity index (χ4v) is 4.67. The first-order valence-electron chi connectivity index (χ1n) is 11.5. The Kier molecular flexibility index (Phi) is 5.83. The Morgan fingerprint density at radius 2 is 1.68 bits per heavy atom. The van der Waals surface area contributed by atoms with Gasteiger partial charge in [0.2, 0.25) is 11.8 Å². The Labute approximate surface area is 183 Å². The summed E-state index contributed by atoms with van der Waals surface area (Å²) >= 11 is 0. The zero-order chi connectivity index (χ0) is 21.0. The van der Waals surface area contributed by atoms with E-state index in [1.165, 1.54) is 24.0 Å². The lowest BCUT2D eigenvalue weighted by Gasteiger charge is -2.33. The second-order valence-corrected chi connectivity index (χ2v) is 8.95. The van der Waals surface area contributed by atoms with Crippen LogP contribution in [0.2, 0.25) is 0 Å². The number of rotatable bonds is 7. The second kappa shape index (κ2) is 9.04. The average Bonchev–Trinajstić information content (AvgIpc) is 3.57. The number of aromatic nitrogens is 2. The summed E-state index contributed by atoms with van der Waals surface area (Å²) in [6.07, 6.45) is 5.74. The molecule has 2 aromatic carbocycles. The van der Waals surface area contributed by atoms with Crippen LogP contribution in [-0.4, -0.2) is 34.0 Å². The molecule has 5 rings (SSSR count). The van der Waals surface area contributed by atoms with Crippen LogP contribution in [0.25, 0.3) is 0 Å². The molecule has 1 aliphatic carbocycles. The second-order valence-electron chi connectivity index (χ2n) is 8.95. The van der Waals surface area contributed by atoms with Gasteiger partial charge in [0, 0.05) is 37.8 Å². The first-order valence-corrected chi connectivity index (χ1v) is 11.5. The van der Waals surface area contributed by atoms with E-state index in [1.54, 1.807) is 0 Å². The summed E-state index contributed by atoms with van der Waals surface area (Å²) < 4.78 is 5.48. The number of benzene rings is 2. The predicted octanol–water partition coefficient (Wildman–Crippen LogP) is 4.95. The van der Waals surface area contributed by atoms with E-state index in [0.717, 1.165) is 44.1 Å². The SMILES string of the molecule is O=C(CC(c1ccccc1)c1ccccc1)N1CCCC(Cc2nc(C3CC3)no2)C1. The Hall–Kier alpha value is -2.95. The number of piperidine rings is 1. The van der Waals surface area contributed by atoms with E-state index < -0.39 is 0 Å². The predicted molar refractivity (Wildman–Crippen MR) is 119 cm³/mol. The van der Waals surface area contributed by atoms with Gasteiger partial charge >= 0.3 is 0 Å². The first-order chi connectivity index (χ1) is 15.3. The van der Waals surface area contributed by atoms with Crippen LogP contribution < -0.4 is 0 Å². The number of amides is 1. The van der Waals surface area contributed by atoms with Gasteiger partial charge < -0.3 is 9.42 Å². The molecule has 0 bridgehead atoms. The molecule has 31 heavy (non-hydrogen) atoms. The van der Waals surface area contributed by atoms with Crippen molar-refractivity contribution < 1.29 is 9.32 Å². The van der Waals surface area contributed by atoms with Gasteiger partial charge in [0.1, 0.15) is 0 Å². The smallest absolute Gasteiger partial charge is 0.226 e. The minimum atomic E-state index is 0.0762. The fraction of sp³-hybridized carbons (Fsp3) is 0.423. The number of carbonyl (C=O) groups excluding carboxylic acids is 1. The third-order valence-electron chi connectivity index (χ3n) is 6.54. The van der Waals surface area contributed by atoms with Crippen molar-refractivity contribution in [3.05, 3.63) is 83.5 Å². The molecule has 1 saturated carbocycles. The van der Waals surface area contributed by atoms with Gasteiger partial charge in [-0.15, -0.1) is 0 Å². The monoisotopic (exact) mass is 415 g/mol. The van der Waals surface area contributed by atoms with Crippen molar-refractivity contribution in [2.75, 3.05) is 13.1 Å². The molecular formula is C26H29N3O2. The standard InChI is InChI=1S/C26H29N3O2/c30-25(17-23(20-9-3-1-4-10-20)21-11-5-2-6-12-21)29-15-7-8-19(18-29)16-24-27-26(28-31-24)22-13-14-22/h1-6,9-12,19,22-23H,7-8,13-18H2. The van der Waals surface area contributed by atoms with Gasteiger partial charge in [-0.2, -0.15) is 4.98 Å². The van der Waals surface area contributed by atoms with Crippen molar-refractivity contribution in [2.24, 2.45) is 5.92 Å². The highest BCUT2D eigenvalue weighted by molar-refractivity contribution is 5.78. The maximum atomic E-state index is 13.3. The van der Waals surface area contributed by atoms with Gasteiger partial charge in [0.15, 0.2) is 5.82 Å². The molecule has 1 unspecified atom stereocenters. The summed E-state index contributed by atoms with van der Waals surface area (Å²) in [6.45, 7) is 1.61. The maximum absolute atomic E-state index is 13.3. The molecule has 2 fully saturated rings. The Morgan fingerprint density at radius 3 is 2.32 bits per heavy atom. The maximum Gasteiger partial charge on any atom is 0.226 e. The molecule has 2 heterocycles. The van der Waals surface area contributed by atoms with Crippen molar-refractivity contribution in [3.63, 3.8) is 0 Å². The minimum Gasteiger partial charge on any atom is -0.342 e. The molecule has 0 radical (unpaired) electrons. The first kappa shape index (κ1) is 20.0. The molecule has 160 valence electrons. The van der Waals surface area contributed by atoms with Crippen molar-refractivity contribution in [1.29, 1.82) is 0 Å². The zero-order valence-electron chi connectivity index (χ0n) is 17.8. The molecule has 1 amide bonds. The molecule has 1 aliphatic heterocycles. The molecule has 2 aliphatic rings. The molecule has 0 spiro atoms. The summed E-state index contributed by atoms with van der Waals surface area (Å²) in [6, 6.07) is 20.7. The molecule has 1 saturated heterocycles. The van der Waals surface area contributed by atoms with E-state index in [2.05, 4.69) is 34.4 Å². The van der Waals surface area contributed by atoms with Crippen LogP contribution in [0.15, 0.2) is 65.2 Å². The number of carbonyl (C=O) groups is 1. The highest BCUT2D eigenvalue weighted by atomic mass is 16.5. The summed E-state index contributed by atoms with van der Waals surface area (Å²) in [4.78, 5) is 20.0. The zero-order valence-corrected chi connectivity index (χ0v) is 17.8. The molecular weight excluding hydrogens is 386 g/mol. The van der Waals surface area contributed by atoms with Crippen LogP contribution in [0.3, 0.4) is 0 Å². The molecule has 1 atom stereocenters. The van der Waals surface area contributed by atoms with Crippen LogP contribution in [0.1, 0.15) is 66.8 Å². The summed E-state index contributed by atoms with van der Waals surface area (Å²) in [7, 11) is 0. The van der Waals surface area contributed by atoms with Crippen LogP contribution in [0.5, 0.6) is 0 Å². The normalized spacial score (nSPS) is 19.0. The Bertz CT molecular complexity index is 958. The Morgan fingerprint density at radius 1 is 1.00 bits per heavy atom. The van der Waals surface area contributed by atoms with Crippen molar-refractivity contribution in [3.8, 4) is 0 Å². The molecule has 3 aromatic rings. The van der Waals surface area contributed by atoms with Crippen molar-refractivity contribution in [1.82, 2.24) is 15.0 Å². The van der Waals surface area contributed by atoms with Gasteiger partial charge in [0.25, 0.3) is 0 Å². The van der Waals surface area contributed by atoms with E-state index in [9.17, 15) is 4.79 Å². The molecule has 5 nitrogen and oxygen atoms in total. The van der Waals surface area contributed by atoms with Crippen molar-refractivity contribution in [2.45, 2.75) is 50.4 Å². The van der Waals surface area contributed by atoms with E-state index >= 15 is 0 Å². The van der Waals surface area contributed by atoms with Gasteiger partial charge in [-0.3, -0.25) is 4.79 Å². The van der Waals surface area contributed by atoms with E-state index in [1.807, 2.05) is 41.3 Å². The van der Waals surface area contributed by atoms with Crippen LogP contribution >= 0.6 is 0 Å². The molecule has 1 aromatic heterocycles. The molecule has 0 N–H and O–H groups in total. The van der Waals surface area contributed by atoms with Gasteiger partial charge in [0.05, 0.1) is 0 Å². The van der Waals surface area contributed by atoms with Crippen molar-refractivity contribution >= 4 is 5.91 Å². The third kappa shape index (κ3) is 4.87. The summed E-state index contributed by atoms with van der Waals surface area (Å²) in [5, 5.41) is 4.14. The number of likely N-dealkylation sites (tertiary alicyclic amines) is 1. The minimum absolute atomic E-state index is 0.0762. The lowest BCUT2D eigenvalue weighted by Crippen LogP contribution is -2.41. The van der Waals surface area contributed by atoms with Crippen LogP contribution in [0.4, 0.5) is 0 Å². The number of hydrogen-bond donors (Lipinski definition) is 0. The topological polar surface area (TPSA) is 59.2 Å². The van der Waals surface area contributed by atoms with Gasteiger partial charge in [-0.05, 0) is 42.7 Å². The number of nitrogens with zero attached hydrogens (tertiary/aromatic N) is 3. The quantitative estimate of drug-likeness (QED) is 0.548. The fourth-order valence-electron chi connectivity index (χ4n) is 4.67. The van der Waals surface area contributed by atoms with E-state index in [4.69, 9.17) is 4.52 Å². The highest BCUT2D eigenvalue weighted by Gasteiger charge is 2.31. The molecule has 5 heteroatoms. The van der Waals surface area contributed by atoms with Crippen LogP contribution in [-0.2, 0) is 11.2 Å². The van der Waals surface area contributed by atoms with Gasteiger partial charge in [-0.1, -0.05) is 65.8 Å². The van der Waals surface area contributed by atoms with Crippen LogP contribution in [0, 0.1) is 5.92 Å². The van der Waals surface area contributed by atoms with E-state index in [0.29, 0.717) is 18.3 Å².